The molecular weight excluding hydrogens is 383 g/mol. The highest BCUT2D eigenvalue weighted by molar-refractivity contribution is 5.85. The van der Waals surface area contributed by atoms with E-state index < -0.39 is 0 Å². The highest BCUT2D eigenvalue weighted by Crippen LogP contribution is 2.59. The lowest BCUT2D eigenvalue weighted by molar-refractivity contribution is -0.0492. The fraction of sp³-hybridized carbons (Fsp3) is 0.950. The molecule has 1 saturated heterocycles. The Balaban J connectivity index is 0.00000131. The van der Waals surface area contributed by atoms with E-state index in [1.54, 1.807) is 0 Å². The molecule has 4 saturated carbocycles. The molecule has 4 aliphatic carbocycles. The van der Waals surface area contributed by atoms with Crippen LogP contribution >= 0.6 is 24.8 Å². The zero-order valence-electron chi connectivity index (χ0n) is 16.5. The Labute approximate surface area is 177 Å². The van der Waals surface area contributed by atoms with Crippen LogP contribution in [-0.4, -0.2) is 56.8 Å². The van der Waals surface area contributed by atoms with Crippen LogP contribution < -0.4 is 10.6 Å². The zero-order valence-corrected chi connectivity index (χ0v) is 18.1. The van der Waals surface area contributed by atoms with Gasteiger partial charge in [-0.1, -0.05) is 0 Å². The Kier molecular flexibility index (Phi) is 8.98. The van der Waals surface area contributed by atoms with Gasteiger partial charge in [0, 0.05) is 19.6 Å². The summed E-state index contributed by atoms with van der Waals surface area (Å²) in [5.41, 5.74) is 0.495. The van der Waals surface area contributed by atoms with Gasteiger partial charge >= 0.3 is 0 Å². The number of hydrogen-bond donors (Lipinski definition) is 3. The summed E-state index contributed by atoms with van der Waals surface area (Å²) in [5.74, 6) is 3.44. The van der Waals surface area contributed by atoms with Crippen molar-refractivity contribution < 1.29 is 4.74 Å². The number of guanidine groups is 1. The lowest BCUT2D eigenvalue weighted by atomic mass is 9.49. The van der Waals surface area contributed by atoms with Crippen molar-refractivity contribution in [2.24, 2.45) is 23.2 Å². The number of nitrogens with one attached hydrogen (secondary N) is 3. The molecule has 7 heteroatoms. The third-order valence-corrected chi connectivity index (χ3v) is 7.10. The fourth-order valence-electron chi connectivity index (χ4n) is 6.40. The van der Waals surface area contributed by atoms with Crippen molar-refractivity contribution in [3.05, 3.63) is 0 Å². The molecule has 0 aromatic heterocycles. The Morgan fingerprint density at radius 2 is 1.52 bits per heavy atom. The van der Waals surface area contributed by atoms with Crippen molar-refractivity contribution in [1.29, 1.82) is 5.41 Å². The molecule has 0 unspecified atom stereocenters. The van der Waals surface area contributed by atoms with Crippen LogP contribution in [0, 0.1) is 28.6 Å². The lowest BCUT2D eigenvalue weighted by Crippen LogP contribution is -2.52. The van der Waals surface area contributed by atoms with E-state index in [4.69, 9.17) is 10.1 Å². The maximum absolute atomic E-state index is 8.13. The van der Waals surface area contributed by atoms with Gasteiger partial charge in [0.1, 0.15) is 0 Å². The van der Waals surface area contributed by atoms with Gasteiger partial charge in [0.15, 0.2) is 5.96 Å². The number of hydrogen-bond acceptors (Lipinski definition) is 3. The SMILES string of the molecule is Cl.Cl.N=C(NCCOCCN1CCCC1)NCC12CC3CC(CC(C3)C1)C2. The summed E-state index contributed by atoms with van der Waals surface area (Å²) in [6, 6.07) is 0. The van der Waals surface area contributed by atoms with Crippen LogP contribution in [0.2, 0.25) is 0 Å². The third-order valence-electron chi connectivity index (χ3n) is 7.10. The average molecular weight is 421 g/mol. The third kappa shape index (κ3) is 6.12. The average Bonchev–Trinajstić information content (AvgIpc) is 3.08. The molecule has 1 aliphatic heterocycles. The predicted molar refractivity (Wildman–Crippen MR) is 115 cm³/mol. The maximum atomic E-state index is 8.13. The maximum Gasteiger partial charge on any atom is 0.188 e. The van der Waals surface area contributed by atoms with Crippen molar-refractivity contribution in [3.8, 4) is 0 Å². The summed E-state index contributed by atoms with van der Waals surface area (Å²) < 4.78 is 5.70. The van der Waals surface area contributed by atoms with Gasteiger partial charge in [-0.25, -0.2) is 0 Å². The molecule has 0 radical (unpaired) electrons. The van der Waals surface area contributed by atoms with Gasteiger partial charge in [-0.15, -0.1) is 24.8 Å². The Bertz CT molecular complexity index is 436. The molecule has 3 N–H and O–H groups in total. The van der Waals surface area contributed by atoms with Crippen LogP contribution in [0.15, 0.2) is 0 Å². The predicted octanol–water partition coefficient (Wildman–Crippen LogP) is 3.27. The molecular formula is C20H38Cl2N4O. The van der Waals surface area contributed by atoms with E-state index in [2.05, 4.69) is 15.5 Å². The molecule has 5 aliphatic rings. The second-order valence-corrected chi connectivity index (χ2v) is 9.23. The Morgan fingerprint density at radius 1 is 0.926 bits per heavy atom. The summed E-state index contributed by atoms with van der Waals surface area (Å²) in [4.78, 5) is 2.47. The van der Waals surface area contributed by atoms with Gasteiger partial charge in [-0.3, -0.25) is 5.41 Å². The number of nitrogens with zero attached hydrogens (tertiary/aromatic N) is 1. The fourth-order valence-corrected chi connectivity index (χ4v) is 6.40. The van der Waals surface area contributed by atoms with Crippen LogP contribution in [0.1, 0.15) is 51.4 Å². The summed E-state index contributed by atoms with van der Waals surface area (Å²) in [6.07, 6.45) is 11.4. The molecule has 0 amide bonds. The smallest absolute Gasteiger partial charge is 0.188 e. The van der Waals surface area contributed by atoms with Crippen molar-refractivity contribution in [3.63, 3.8) is 0 Å². The molecule has 0 aromatic carbocycles. The lowest BCUT2D eigenvalue weighted by Gasteiger charge is -2.57. The van der Waals surface area contributed by atoms with Gasteiger partial charge in [0.2, 0.25) is 0 Å². The van der Waals surface area contributed by atoms with E-state index in [0.717, 1.165) is 44.0 Å². The Hall–Kier alpha value is -0.230. The monoisotopic (exact) mass is 420 g/mol. The molecule has 4 bridgehead atoms. The molecule has 0 atom stereocenters. The molecule has 158 valence electrons. The first kappa shape index (κ1) is 23.1. The summed E-state index contributed by atoms with van der Waals surface area (Å²) in [5, 5.41) is 14.7. The van der Waals surface area contributed by atoms with E-state index in [0.29, 0.717) is 18.0 Å². The number of likely N-dealkylation sites (tertiary alicyclic amines) is 1. The van der Waals surface area contributed by atoms with Gasteiger partial charge in [-0.05, 0) is 87.6 Å². The van der Waals surface area contributed by atoms with Crippen molar-refractivity contribution in [2.45, 2.75) is 51.4 Å². The molecule has 5 rings (SSSR count). The van der Waals surface area contributed by atoms with E-state index in [-0.39, 0.29) is 24.8 Å². The quantitative estimate of drug-likeness (QED) is 0.320. The summed E-state index contributed by atoms with van der Waals surface area (Å²) >= 11 is 0. The van der Waals surface area contributed by atoms with E-state index >= 15 is 0 Å². The van der Waals surface area contributed by atoms with Gasteiger partial charge in [-0.2, -0.15) is 0 Å². The molecule has 27 heavy (non-hydrogen) atoms. The minimum Gasteiger partial charge on any atom is -0.378 e. The van der Waals surface area contributed by atoms with Crippen LogP contribution in [0.5, 0.6) is 0 Å². The van der Waals surface area contributed by atoms with Crippen molar-refractivity contribution in [2.75, 3.05) is 45.9 Å². The van der Waals surface area contributed by atoms with Crippen LogP contribution in [0.25, 0.3) is 0 Å². The van der Waals surface area contributed by atoms with E-state index in [1.165, 1.54) is 64.5 Å². The first-order valence-electron chi connectivity index (χ1n) is 10.6. The largest absolute Gasteiger partial charge is 0.378 e. The van der Waals surface area contributed by atoms with Crippen LogP contribution in [-0.2, 0) is 4.74 Å². The molecule has 0 aromatic rings. The first-order valence-corrected chi connectivity index (χ1v) is 10.6. The second kappa shape index (κ2) is 10.5. The molecule has 5 nitrogen and oxygen atoms in total. The van der Waals surface area contributed by atoms with E-state index in [9.17, 15) is 0 Å². The standard InChI is InChI=1S/C20H36N4O.2ClH/c21-19(22-3-7-25-8-6-24-4-1-2-5-24)23-15-20-12-16-9-17(13-20)11-18(10-16)14-20;;/h16-18H,1-15H2,(H3,21,22,23);2*1H. The number of rotatable bonds is 8. The highest BCUT2D eigenvalue weighted by atomic mass is 35.5. The zero-order chi connectivity index (χ0) is 17.1. The van der Waals surface area contributed by atoms with Gasteiger partial charge in [0.05, 0.1) is 13.2 Å². The van der Waals surface area contributed by atoms with Crippen LogP contribution in [0.3, 0.4) is 0 Å². The first-order chi connectivity index (χ1) is 12.2. The normalized spacial score (nSPS) is 34.0. The number of halogens is 2. The topological polar surface area (TPSA) is 60.4 Å². The highest BCUT2D eigenvalue weighted by Gasteiger charge is 2.50. The summed E-state index contributed by atoms with van der Waals surface area (Å²) in [6.45, 7) is 6.76. The van der Waals surface area contributed by atoms with Crippen molar-refractivity contribution in [1.82, 2.24) is 15.5 Å². The molecule has 5 fully saturated rings. The minimum absolute atomic E-state index is 0. The molecule has 1 heterocycles. The summed E-state index contributed by atoms with van der Waals surface area (Å²) in [7, 11) is 0. The minimum atomic E-state index is 0. The van der Waals surface area contributed by atoms with E-state index in [1.807, 2.05) is 0 Å². The van der Waals surface area contributed by atoms with Gasteiger partial charge < -0.3 is 20.3 Å². The Morgan fingerprint density at radius 3 is 2.11 bits per heavy atom. The van der Waals surface area contributed by atoms with Gasteiger partial charge in [0.25, 0.3) is 0 Å². The molecule has 0 spiro atoms. The second-order valence-electron chi connectivity index (χ2n) is 9.23. The number of ether oxygens (including phenoxy) is 1. The van der Waals surface area contributed by atoms with Crippen LogP contribution in [0.4, 0.5) is 0 Å². The van der Waals surface area contributed by atoms with Crippen molar-refractivity contribution >= 4 is 30.8 Å².